The van der Waals surface area contributed by atoms with E-state index in [1.165, 1.54) is 12.8 Å². The molecule has 1 aliphatic rings. The summed E-state index contributed by atoms with van der Waals surface area (Å²) in [6, 6.07) is 0. The van der Waals surface area contributed by atoms with Crippen LogP contribution < -0.4 is 22.3 Å². The van der Waals surface area contributed by atoms with Gasteiger partial charge in [0.25, 0.3) is 5.56 Å². The van der Waals surface area contributed by atoms with Crippen molar-refractivity contribution in [3.05, 3.63) is 20.8 Å². The fourth-order valence-corrected chi connectivity index (χ4v) is 2.56. The third kappa shape index (κ3) is 2.98. The molecule has 2 rings (SSSR count). The maximum atomic E-state index is 11.4. The lowest BCUT2D eigenvalue weighted by Crippen LogP contribution is -2.34. The van der Waals surface area contributed by atoms with E-state index in [9.17, 15) is 9.59 Å². The third-order valence-corrected chi connectivity index (χ3v) is 3.61. The van der Waals surface area contributed by atoms with Crippen LogP contribution >= 0.6 is 0 Å². The van der Waals surface area contributed by atoms with Gasteiger partial charge in [0, 0.05) is 6.54 Å². The summed E-state index contributed by atoms with van der Waals surface area (Å²) < 4.78 is 0. The van der Waals surface area contributed by atoms with Crippen LogP contribution in [0.25, 0.3) is 0 Å². The van der Waals surface area contributed by atoms with Crippen molar-refractivity contribution in [2.45, 2.75) is 25.7 Å². The number of aromatic nitrogens is 3. The van der Waals surface area contributed by atoms with E-state index in [2.05, 4.69) is 20.5 Å². The van der Waals surface area contributed by atoms with Crippen molar-refractivity contribution in [3.8, 4) is 0 Å². The van der Waals surface area contributed by atoms with Gasteiger partial charge in [-0.25, -0.2) is 9.89 Å². The van der Waals surface area contributed by atoms with Gasteiger partial charge in [0.05, 0.1) is 0 Å². The molecule has 0 saturated heterocycles. The summed E-state index contributed by atoms with van der Waals surface area (Å²) in [5, 5.41) is 8.89. The standard InChI is InChI=1S/C11H19N5O2/c12-5-7-3-1-2-4-8(7)6-13-9-10(17)14-11(18)16-15-9/h7-8H,1-6,12H2,(H,13,15)(H2,14,16,17,18). The third-order valence-electron chi connectivity index (χ3n) is 3.61. The second-order valence-corrected chi connectivity index (χ2v) is 4.78. The van der Waals surface area contributed by atoms with E-state index in [-0.39, 0.29) is 5.82 Å². The molecule has 1 saturated carbocycles. The molecule has 0 aliphatic heterocycles. The van der Waals surface area contributed by atoms with Gasteiger partial charge in [-0.05, 0) is 31.2 Å². The van der Waals surface area contributed by atoms with Crippen molar-refractivity contribution in [3.63, 3.8) is 0 Å². The Hall–Kier alpha value is -1.63. The summed E-state index contributed by atoms with van der Waals surface area (Å²) in [4.78, 5) is 24.4. The van der Waals surface area contributed by atoms with Crippen LogP contribution in [0.1, 0.15) is 25.7 Å². The predicted octanol–water partition coefficient (Wildman–Crippen LogP) is -0.365. The molecule has 7 heteroatoms. The van der Waals surface area contributed by atoms with E-state index in [4.69, 9.17) is 5.73 Å². The molecule has 1 aliphatic carbocycles. The van der Waals surface area contributed by atoms with E-state index in [1.54, 1.807) is 0 Å². The molecule has 18 heavy (non-hydrogen) atoms. The first kappa shape index (κ1) is 12.8. The van der Waals surface area contributed by atoms with Gasteiger partial charge in [0.2, 0.25) is 5.82 Å². The Morgan fingerprint density at radius 1 is 1.28 bits per heavy atom. The molecule has 0 bridgehead atoms. The maximum absolute atomic E-state index is 11.4. The van der Waals surface area contributed by atoms with Crippen molar-refractivity contribution in [1.82, 2.24) is 15.2 Å². The number of rotatable bonds is 4. The molecule has 7 nitrogen and oxygen atoms in total. The maximum Gasteiger partial charge on any atom is 0.342 e. The highest BCUT2D eigenvalue weighted by Gasteiger charge is 2.23. The monoisotopic (exact) mass is 253 g/mol. The quantitative estimate of drug-likeness (QED) is 0.584. The summed E-state index contributed by atoms with van der Waals surface area (Å²) in [6.45, 7) is 1.35. The number of hydrogen-bond donors (Lipinski definition) is 4. The van der Waals surface area contributed by atoms with Crippen LogP contribution in [-0.4, -0.2) is 28.3 Å². The van der Waals surface area contributed by atoms with Crippen molar-refractivity contribution < 1.29 is 0 Å². The Morgan fingerprint density at radius 3 is 2.67 bits per heavy atom. The lowest BCUT2D eigenvalue weighted by atomic mass is 9.79. The molecule has 100 valence electrons. The number of H-pyrrole nitrogens is 2. The van der Waals surface area contributed by atoms with Crippen LogP contribution in [0.5, 0.6) is 0 Å². The number of nitrogens with two attached hydrogens (primary N) is 1. The average molecular weight is 253 g/mol. The van der Waals surface area contributed by atoms with Crippen LogP contribution in [0.3, 0.4) is 0 Å². The zero-order valence-corrected chi connectivity index (χ0v) is 10.2. The van der Waals surface area contributed by atoms with Crippen LogP contribution in [0.15, 0.2) is 9.59 Å². The highest BCUT2D eigenvalue weighted by atomic mass is 16.2. The summed E-state index contributed by atoms with van der Waals surface area (Å²) in [7, 11) is 0. The summed E-state index contributed by atoms with van der Waals surface area (Å²) in [5.41, 5.74) is 4.67. The van der Waals surface area contributed by atoms with Gasteiger partial charge in [0.1, 0.15) is 0 Å². The zero-order valence-electron chi connectivity index (χ0n) is 10.2. The smallest absolute Gasteiger partial charge is 0.342 e. The molecule has 0 aromatic carbocycles. The lowest BCUT2D eigenvalue weighted by molar-refractivity contribution is 0.255. The number of hydrogen-bond acceptors (Lipinski definition) is 5. The first-order valence-corrected chi connectivity index (χ1v) is 6.33. The Labute approximate surface area is 104 Å². The van der Waals surface area contributed by atoms with Crippen molar-refractivity contribution in [2.24, 2.45) is 17.6 Å². The van der Waals surface area contributed by atoms with E-state index in [0.717, 1.165) is 12.8 Å². The topological polar surface area (TPSA) is 117 Å². The molecule has 0 amide bonds. The van der Waals surface area contributed by atoms with Crippen LogP contribution in [0.2, 0.25) is 0 Å². The SMILES string of the molecule is NCC1CCCCC1CNc1n[nH]c(=O)[nH]c1=O. The van der Waals surface area contributed by atoms with Crippen molar-refractivity contribution in [1.29, 1.82) is 0 Å². The molecule has 0 radical (unpaired) electrons. The number of aromatic amines is 2. The number of anilines is 1. The van der Waals surface area contributed by atoms with Gasteiger partial charge in [0.15, 0.2) is 0 Å². The predicted molar refractivity (Wildman–Crippen MR) is 68.5 cm³/mol. The molecule has 2 unspecified atom stereocenters. The van der Waals surface area contributed by atoms with Gasteiger partial charge in [-0.1, -0.05) is 12.8 Å². The molecular weight excluding hydrogens is 234 g/mol. The van der Waals surface area contributed by atoms with Gasteiger partial charge in [-0.2, -0.15) is 0 Å². The molecular formula is C11H19N5O2. The van der Waals surface area contributed by atoms with Gasteiger partial charge in [-0.3, -0.25) is 9.78 Å². The first-order chi connectivity index (χ1) is 8.70. The van der Waals surface area contributed by atoms with Gasteiger partial charge >= 0.3 is 5.69 Å². The van der Waals surface area contributed by atoms with Crippen LogP contribution in [0.4, 0.5) is 5.82 Å². The molecule has 0 spiro atoms. The Kier molecular flexibility index (Phi) is 4.14. The molecule has 1 fully saturated rings. The normalized spacial score (nSPS) is 23.8. The molecule has 1 aromatic heterocycles. The fraction of sp³-hybridized carbons (Fsp3) is 0.727. The van der Waals surface area contributed by atoms with Crippen LogP contribution in [-0.2, 0) is 0 Å². The Bertz CT molecular complexity index is 495. The number of nitrogens with zero attached hydrogens (tertiary/aromatic N) is 1. The second-order valence-electron chi connectivity index (χ2n) is 4.78. The van der Waals surface area contributed by atoms with Gasteiger partial charge < -0.3 is 11.1 Å². The summed E-state index contributed by atoms with van der Waals surface area (Å²) in [6.07, 6.45) is 4.71. The Morgan fingerprint density at radius 2 is 2.00 bits per heavy atom. The molecule has 2 atom stereocenters. The van der Waals surface area contributed by atoms with E-state index in [1.807, 2.05) is 0 Å². The summed E-state index contributed by atoms with van der Waals surface area (Å²) >= 11 is 0. The van der Waals surface area contributed by atoms with Crippen molar-refractivity contribution >= 4 is 5.82 Å². The molecule has 1 aromatic rings. The molecule has 5 N–H and O–H groups in total. The summed E-state index contributed by atoms with van der Waals surface area (Å²) in [5.74, 6) is 1.14. The molecule has 1 heterocycles. The van der Waals surface area contributed by atoms with Gasteiger partial charge in [-0.15, -0.1) is 5.10 Å². The second kappa shape index (κ2) is 5.81. The average Bonchev–Trinajstić information content (AvgIpc) is 2.38. The van der Waals surface area contributed by atoms with E-state index in [0.29, 0.717) is 24.9 Å². The highest BCUT2D eigenvalue weighted by molar-refractivity contribution is 5.28. The van der Waals surface area contributed by atoms with Crippen molar-refractivity contribution in [2.75, 3.05) is 18.4 Å². The minimum atomic E-state index is -0.594. The minimum Gasteiger partial charge on any atom is -0.364 e. The van der Waals surface area contributed by atoms with Crippen LogP contribution in [0, 0.1) is 11.8 Å². The fourth-order valence-electron chi connectivity index (χ4n) is 2.56. The zero-order chi connectivity index (χ0) is 13.0. The van der Waals surface area contributed by atoms with E-state index < -0.39 is 11.2 Å². The van der Waals surface area contributed by atoms with E-state index >= 15 is 0 Å². The Balaban J connectivity index is 1.98. The first-order valence-electron chi connectivity index (χ1n) is 6.33. The minimum absolute atomic E-state index is 0.163. The lowest BCUT2D eigenvalue weighted by Gasteiger charge is -2.30. The highest BCUT2D eigenvalue weighted by Crippen LogP contribution is 2.29. The number of nitrogens with one attached hydrogen (secondary N) is 3. The largest absolute Gasteiger partial charge is 0.364 e.